The first-order valence-electron chi connectivity index (χ1n) is 27.7. The van der Waals surface area contributed by atoms with Gasteiger partial charge in [0.2, 0.25) is 11.8 Å². The molecule has 4 aromatic rings. The molecule has 4 N–H and O–H groups in total. The number of nitrogens with one attached hydrogen (secondary N) is 4. The second-order valence-electron chi connectivity index (χ2n) is 24.4. The van der Waals surface area contributed by atoms with E-state index in [1.807, 2.05) is 21.9 Å². The van der Waals surface area contributed by atoms with E-state index in [0.29, 0.717) is 61.8 Å². The van der Waals surface area contributed by atoms with Crippen molar-refractivity contribution in [1.29, 1.82) is 0 Å². The van der Waals surface area contributed by atoms with Crippen molar-refractivity contribution in [2.45, 2.75) is 127 Å². The van der Waals surface area contributed by atoms with E-state index < -0.39 is 10.8 Å². The molecule has 1 radical (unpaired) electrons. The molecule has 4 saturated heterocycles. The Balaban J connectivity index is 0.741. The van der Waals surface area contributed by atoms with E-state index >= 15 is 0 Å². The molecule has 0 bridgehead atoms. The van der Waals surface area contributed by atoms with Crippen LogP contribution in [0.5, 0.6) is 0 Å². The number of nitrogens with zero attached hydrogens (tertiary/aromatic N) is 6. The number of amides is 2. The first kappa shape index (κ1) is 53.4. The maximum Gasteiger partial charge on any atom is 0.251 e. The number of carbonyl (C=O) groups excluding carboxylic acids is 2. The van der Waals surface area contributed by atoms with Gasteiger partial charge in [0.15, 0.2) is 0 Å². The average Bonchev–Trinajstić information content (AvgIpc) is 3.80. The molecule has 14 nitrogen and oxygen atoms in total. The molecule has 75 heavy (non-hydrogen) atoms. The van der Waals surface area contributed by atoms with Crippen LogP contribution in [0.15, 0.2) is 70.3 Å². The normalized spacial score (nSPS) is 26.3. The Hall–Kier alpha value is -5.04. The largest absolute Gasteiger partial charge is 0.323 e. The Bertz CT molecular complexity index is 2630. The van der Waals surface area contributed by atoms with Crippen molar-refractivity contribution in [2.24, 2.45) is 0 Å². The number of aromatic amines is 2. The Morgan fingerprint density at radius 3 is 1.41 bits per heavy atom. The van der Waals surface area contributed by atoms with Crippen molar-refractivity contribution < 1.29 is 18.4 Å². The van der Waals surface area contributed by atoms with E-state index in [9.17, 15) is 28.0 Å². The van der Waals surface area contributed by atoms with Gasteiger partial charge in [-0.25, -0.2) is 8.78 Å². The van der Waals surface area contributed by atoms with Crippen molar-refractivity contribution >= 4 is 30.5 Å². The Labute approximate surface area is 442 Å². The summed E-state index contributed by atoms with van der Waals surface area (Å²) in [5, 5.41) is 7.42. The highest BCUT2D eigenvalue weighted by atomic mass is 19.1. The van der Waals surface area contributed by atoms with Gasteiger partial charge in [0.05, 0.1) is 24.5 Å². The average molecular weight is 1030 g/mol. The molecule has 2 amide bonds. The monoisotopic (exact) mass is 1030 g/mol. The molecule has 6 aliphatic heterocycles. The first-order valence-corrected chi connectivity index (χ1v) is 27.7. The topological polar surface area (TPSA) is 143 Å². The lowest BCUT2D eigenvalue weighted by Crippen LogP contribution is -2.61. The van der Waals surface area contributed by atoms with E-state index in [2.05, 4.69) is 89.0 Å². The molecular formula is C58H78BF2N10O4. The number of piperidine rings is 2. The maximum atomic E-state index is 14.5. The van der Waals surface area contributed by atoms with Gasteiger partial charge in [0.1, 0.15) is 18.9 Å². The number of halogens is 2. The SMILES string of the molecule is C[C@@H]1CN(CC(=O)N2CC(C)(C)c3[nH]c(=O)c(Cc4ccc(F)cc4)cc32)[C@@H](CN2CCC[C@H]([B][C@H]3CCCN(C[C@H]4CN[C@H](C)CN4CC(=O)N4CC(C)(C)c5[nH]c(=O)c(Cc6ccc(F)cc6)cc54)C3)C2)CN1. The standard InChI is InChI=1S/C58H78BF2N10O4/c1-37-27-68(33-51(72)70-35-57(3,4)53-49(70)23-41(55(74)64-53)21-39-11-15-45(60)16-12-39)47(25-62-37)31-66-19-7-9-43(29-66)59-44-10-8-20-67(30-44)32-48-26-63-38(2)28-69(48)34-52(73)71-36-58(5,6)54-50(71)24-42(56(75)65-54)22-40-13-17-46(61)18-14-40/h11-18,23-24,37-38,43-44,47-48,62-63H,7-10,19-22,25-36H2,1-6H3,(H,64,74)(H,65,75)/t37-,38-,43+,44+,47-,48-/m1/s1. The van der Waals surface area contributed by atoms with Gasteiger partial charge in [-0.3, -0.25) is 29.0 Å². The molecule has 6 aliphatic rings. The number of pyridine rings is 2. The molecule has 4 fully saturated rings. The minimum absolute atomic E-state index is 0.0371. The summed E-state index contributed by atoms with van der Waals surface area (Å²) < 4.78 is 27.4. The molecule has 2 aromatic heterocycles. The van der Waals surface area contributed by atoms with Crippen LogP contribution in [-0.4, -0.2) is 164 Å². The molecule has 17 heteroatoms. The molecule has 401 valence electrons. The van der Waals surface area contributed by atoms with Crippen molar-refractivity contribution in [3.05, 3.63) is 127 Å². The van der Waals surface area contributed by atoms with Crippen LogP contribution in [-0.2, 0) is 33.3 Å². The lowest BCUT2D eigenvalue weighted by Gasteiger charge is -2.44. The van der Waals surface area contributed by atoms with Gasteiger partial charge >= 0.3 is 0 Å². The summed E-state index contributed by atoms with van der Waals surface area (Å²) in [5.41, 5.74) is 4.70. The highest BCUT2D eigenvalue weighted by Gasteiger charge is 2.43. The molecule has 8 heterocycles. The summed E-state index contributed by atoms with van der Waals surface area (Å²) in [4.78, 5) is 75.6. The minimum atomic E-state index is -0.415. The van der Waals surface area contributed by atoms with E-state index in [4.69, 9.17) is 0 Å². The highest BCUT2D eigenvalue weighted by Crippen LogP contribution is 2.41. The summed E-state index contributed by atoms with van der Waals surface area (Å²) in [6, 6.07) is 17.0. The molecule has 0 spiro atoms. The van der Waals surface area contributed by atoms with Gasteiger partial charge in [-0.15, -0.1) is 0 Å². The number of carbonyl (C=O) groups is 2. The number of benzene rings is 2. The lowest BCUT2D eigenvalue weighted by molar-refractivity contribution is -0.121. The second kappa shape index (κ2) is 22.1. The van der Waals surface area contributed by atoms with Gasteiger partial charge in [0, 0.05) is 123 Å². The van der Waals surface area contributed by atoms with Crippen molar-refractivity contribution in [2.75, 3.05) is 101 Å². The van der Waals surface area contributed by atoms with Crippen molar-refractivity contribution in [3.63, 3.8) is 0 Å². The zero-order chi connectivity index (χ0) is 52.8. The lowest BCUT2D eigenvalue weighted by atomic mass is 9.51. The van der Waals surface area contributed by atoms with Gasteiger partial charge in [-0.05, 0) is 100 Å². The number of hydrogen-bond donors (Lipinski definition) is 4. The molecule has 0 unspecified atom stereocenters. The molecular weight excluding hydrogens is 950 g/mol. The van der Waals surface area contributed by atoms with E-state index in [0.717, 1.165) is 112 Å². The fourth-order valence-electron chi connectivity index (χ4n) is 13.2. The summed E-state index contributed by atoms with van der Waals surface area (Å²) >= 11 is 0. The molecule has 10 rings (SSSR count). The third-order valence-corrected chi connectivity index (χ3v) is 17.2. The fourth-order valence-corrected chi connectivity index (χ4v) is 13.2. The van der Waals surface area contributed by atoms with Gasteiger partial charge in [-0.1, -0.05) is 76.4 Å². The number of aromatic nitrogens is 2. The van der Waals surface area contributed by atoms with Crippen LogP contribution in [0.4, 0.5) is 20.2 Å². The summed E-state index contributed by atoms with van der Waals surface area (Å²) in [5.74, 6) is 0.425. The number of anilines is 2. The number of hydrogen-bond acceptors (Lipinski definition) is 10. The van der Waals surface area contributed by atoms with E-state index in [1.165, 1.54) is 37.1 Å². The van der Waals surface area contributed by atoms with Crippen molar-refractivity contribution in [1.82, 2.24) is 40.2 Å². The predicted octanol–water partition coefficient (Wildman–Crippen LogP) is 5.27. The smallest absolute Gasteiger partial charge is 0.251 e. The number of H-pyrrole nitrogens is 2. The summed E-state index contributed by atoms with van der Waals surface area (Å²) in [6.45, 7) is 23.3. The van der Waals surface area contributed by atoms with Crippen molar-refractivity contribution in [3.8, 4) is 0 Å². The number of piperazine rings is 2. The third-order valence-electron chi connectivity index (χ3n) is 17.2. The van der Waals surface area contributed by atoms with Crippen LogP contribution in [0.2, 0.25) is 11.6 Å². The van der Waals surface area contributed by atoms with Gasteiger partial charge in [0.25, 0.3) is 11.1 Å². The zero-order valence-electron chi connectivity index (χ0n) is 45.0. The number of rotatable bonds is 14. The molecule has 2 aromatic carbocycles. The van der Waals surface area contributed by atoms with E-state index in [-0.39, 0.29) is 58.7 Å². The maximum absolute atomic E-state index is 14.5. The fraction of sp³-hybridized carbons (Fsp3) is 0.586. The zero-order valence-corrected chi connectivity index (χ0v) is 45.0. The van der Waals surface area contributed by atoms with Crippen LogP contribution in [0.25, 0.3) is 0 Å². The van der Waals surface area contributed by atoms with Crippen LogP contribution < -0.4 is 31.6 Å². The quantitative estimate of drug-likeness (QED) is 0.124. The third kappa shape index (κ3) is 12.2. The van der Waals surface area contributed by atoms with Crippen LogP contribution >= 0.6 is 0 Å². The van der Waals surface area contributed by atoms with E-state index in [1.54, 1.807) is 24.3 Å². The van der Waals surface area contributed by atoms with Gasteiger partial charge < -0.3 is 40.2 Å². The van der Waals surface area contributed by atoms with Gasteiger partial charge in [-0.2, -0.15) is 0 Å². The summed E-state index contributed by atoms with van der Waals surface area (Å²) in [6.07, 6.45) is 5.35. The van der Waals surface area contributed by atoms with Crippen LogP contribution in [0.3, 0.4) is 0 Å². The van der Waals surface area contributed by atoms with Crippen LogP contribution in [0, 0.1) is 11.6 Å². The molecule has 0 saturated carbocycles. The number of fused-ring (bicyclic) bond motifs is 2. The second-order valence-corrected chi connectivity index (χ2v) is 24.4. The minimum Gasteiger partial charge on any atom is -0.323 e. The molecule has 0 aliphatic carbocycles. The molecule has 6 atom stereocenters. The summed E-state index contributed by atoms with van der Waals surface area (Å²) in [7, 11) is 2.66. The highest BCUT2D eigenvalue weighted by molar-refractivity contribution is 6.40. The Morgan fingerprint density at radius 2 is 1.01 bits per heavy atom. The Morgan fingerprint density at radius 1 is 0.613 bits per heavy atom. The predicted molar refractivity (Wildman–Crippen MR) is 294 cm³/mol. The Kier molecular flexibility index (Phi) is 15.8. The van der Waals surface area contributed by atoms with Crippen LogP contribution in [0.1, 0.15) is 101 Å². The first-order chi connectivity index (χ1) is 35.8. The number of likely N-dealkylation sites (tertiary alicyclic amines) is 2.